The van der Waals surface area contributed by atoms with Crippen molar-refractivity contribution < 1.29 is 19.5 Å². The molecule has 2 heterocycles. The number of carboxylic acids is 1. The molecular weight excluding hydrogens is 412 g/mol. The van der Waals surface area contributed by atoms with Crippen molar-refractivity contribution >= 4 is 47.1 Å². The number of carbonyl (C=O) groups excluding carboxylic acids is 2. The van der Waals surface area contributed by atoms with Crippen LogP contribution in [0.4, 0.5) is 5.69 Å². The summed E-state index contributed by atoms with van der Waals surface area (Å²) >= 11 is 0. The predicted octanol–water partition coefficient (Wildman–Crippen LogP) is 1.96. The van der Waals surface area contributed by atoms with E-state index in [0.717, 1.165) is 12.1 Å². The maximum atomic E-state index is 12.5. The van der Waals surface area contributed by atoms with Crippen LogP contribution in [0.1, 0.15) is 43.5 Å². The highest BCUT2D eigenvalue weighted by molar-refractivity contribution is 6.38. The van der Waals surface area contributed by atoms with Crippen LogP contribution in [-0.4, -0.2) is 59.1 Å². The number of ketones is 1. The van der Waals surface area contributed by atoms with Gasteiger partial charge in [0.05, 0.1) is 24.4 Å². The fourth-order valence-corrected chi connectivity index (χ4v) is 3.29. The molecule has 168 valence electrons. The standard InChI is InChI=1S/C22H26N6O4/c1-12(2)3-4-14(21(31)32)9-17(29)13-5-7-15(8-6-13)24-10-16-11-25-19-18(26-16)20(30)28-22(23)27-19/h5-8,11-12,14,18,24H,3-4,9-10H2,1-2H3,(H,31,32)(H2,23,28,30)/t14-,18?/m1/s1. The first-order chi connectivity index (χ1) is 15.2. The number of aliphatic carboxylic acids is 1. The van der Waals surface area contributed by atoms with Gasteiger partial charge < -0.3 is 16.2 Å². The van der Waals surface area contributed by atoms with Gasteiger partial charge in [0.2, 0.25) is 5.96 Å². The van der Waals surface area contributed by atoms with Gasteiger partial charge in [-0.2, -0.15) is 9.98 Å². The van der Waals surface area contributed by atoms with E-state index in [4.69, 9.17) is 5.73 Å². The lowest BCUT2D eigenvalue weighted by Gasteiger charge is -2.18. The minimum atomic E-state index is -0.940. The largest absolute Gasteiger partial charge is 0.481 e. The number of nitrogens with one attached hydrogen (secondary N) is 1. The van der Waals surface area contributed by atoms with Crippen LogP contribution >= 0.6 is 0 Å². The molecule has 1 amide bonds. The first-order valence-electron chi connectivity index (χ1n) is 10.4. The van der Waals surface area contributed by atoms with Gasteiger partial charge in [-0.05, 0) is 36.6 Å². The number of benzene rings is 1. The van der Waals surface area contributed by atoms with Gasteiger partial charge in [-0.3, -0.25) is 19.4 Å². The van der Waals surface area contributed by atoms with Crippen molar-refractivity contribution in [2.45, 2.75) is 39.2 Å². The lowest BCUT2D eigenvalue weighted by atomic mass is 9.91. The Morgan fingerprint density at radius 2 is 1.88 bits per heavy atom. The van der Waals surface area contributed by atoms with E-state index in [1.54, 1.807) is 24.3 Å². The van der Waals surface area contributed by atoms with Crippen molar-refractivity contribution in [3.8, 4) is 0 Å². The number of amides is 1. The van der Waals surface area contributed by atoms with Gasteiger partial charge in [0, 0.05) is 17.7 Å². The van der Waals surface area contributed by atoms with Gasteiger partial charge in [-0.25, -0.2) is 4.99 Å². The molecule has 0 radical (unpaired) electrons. The van der Waals surface area contributed by atoms with Crippen LogP contribution in [0.25, 0.3) is 0 Å². The topological polar surface area (TPSA) is 159 Å². The number of amidine groups is 1. The minimum absolute atomic E-state index is 0.0194. The van der Waals surface area contributed by atoms with Crippen molar-refractivity contribution in [1.82, 2.24) is 0 Å². The van der Waals surface area contributed by atoms with Crippen molar-refractivity contribution in [3.05, 3.63) is 29.8 Å². The molecule has 2 aliphatic heterocycles. The van der Waals surface area contributed by atoms with Crippen LogP contribution in [0.2, 0.25) is 0 Å². The maximum Gasteiger partial charge on any atom is 0.306 e. The molecule has 0 aliphatic carbocycles. The Balaban J connectivity index is 1.56. The number of hydrogen-bond donors (Lipinski definition) is 3. The minimum Gasteiger partial charge on any atom is -0.481 e. The lowest BCUT2D eigenvalue weighted by Crippen LogP contribution is -2.38. The van der Waals surface area contributed by atoms with Crippen LogP contribution in [0.5, 0.6) is 0 Å². The number of aliphatic imine (C=N–C) groups is 4. The summed E-state index contributed by atoms with van der Waals surface area (Å²) < 4.78 is 0. The number of fused-ring (bicyclic) bond motifs is 1. The molecule has 0 bridgehead atoms. The van der Waals surface area contributed by atoms with Gasteiger partial charge in [0.15, 0.2) is 17.7 Å². The summed E-state index contributed by atoms with van der Waals surface area (Å²) in [6.45, 7) is 4.37. The molecule has 0 saturated carbocycles. The molecule has 0 saturated heterocycles. The molecule has 0 aromatic heterocycles. The first kappa shape index (κ1) is 23.0. The number of nitrogens with two attached hydrogens (primary N) is 1. The van der Waals surface area contributed by atoms with Crippen molar-refractivity contribution in [1.29, 1.82) is 0 Å². The zero-order chi connectivity index (χ0) is 23.3. The second kappa shape index (κ2) is 10.1. The monoisotopic (exact) mass is 438 g/mol. The van der Waals surface area contributed by atoms with E-state index < -0.39 is 23.8 Å². The van der Waals surface area contributed by atoms with Crippen molar-refractivity contribution in [2.24, 2.45) is 37.5 Å². The molecule has 10 heteroatoms. The van der Waals surface area contributed by atoms with Crippen LogP contribution in [0.15, 0.2) is 44.2 Å². The third-order valence-corrected chi connectivity index (χ3v) is 5.13. The van der Waals surface area contributed by atoms with Crippen LogP contribution in [0.3, 0.4) is 0 Å². The molecule has 1 aromatic carbocycles. The summed E-state index contributed by atoms with van der Waals surface area (Å²) in [5, 5.41) is 12.5. The number of guanidine groups is 1. The predicted molar refractivity (Wildman–Crippen MR) is 123 cm³/mol. The first-order valence-corrected chi connectivity index (χ1v) is 10.4. The highest BCUT2D eigenvalue weighted by Crippen LogP contribution is 2.20. The van der Waals surface area contributed by atoms with Crippen LogP contribution in [0, 0.1) is 11.8 Å². The Bertz CT molecular complexity index is 1020. The summed E-state index contributed by atoms with van der Waals surface area (Å²) in [4.78, 5) is 51.9. The smallest absolute Gasteiger partial charge is 0.306 e. The maximum absolute atomic E-state index is 12.5. The highest BCUT2D eigenvalue weighted by atomic mass is 16.4. The van der Waals surface area contributed by atoms with Crippen LogP contribution < -0.4 is 11.1 Å². The van der Waals surface area contributed by atoms with E-state index in [-0.39, 0.29) is 24.0 Å². The van der Waals surface area contributed by atoms with E-state index in [0.29, 0.717) is 30.2 Å². The summed E-state index contributed by atoms with van der Waals surface area (Å²) in [6, 6.07) is 5.93. The van der Waals surface area contributed by atoms with E-state index >= 15 is 0 Å². The molecule has 4 N–H and O–H groups in total. The molecule has 0 spiro atoms. The molecule has 1 aromatic rings. The number of Topliss-reactive ketones (excluding diaryl/α,β-unsaturated/α-hetero) is 1. The number of carbonyl (C=O) groups is 3. The second-order valence-electron chi connectivity index (χ2n) is 8.12. The summed E-state index contributed by atoms with van der Waals surface area (Å²) in [6.07, 6.45) is 2.74. The molecule has 2 aliphatic rings. The fourth-order valence-electron chi connectivity index (χ4n) is 3.29. The number of hydrogen-bond acceptors (Lipinski definition) is 8. The summed E-state index contributed by atoms with van der Waals surface area (Å²) in [7, 11) is 0. The number of rotatable bonds is 10. The van der Waals surface area contributed by atoms with Gasteiger partial charge in [0.25, 0.3) is 5.91 Å². The Kier molecular flexibility index (Phi) is 7.24. The molecule has 10 nitrogen and oxygen atoms in total. The van der Waals surface area contributed by atoms with Crippen LogP contribution in [-0.2, 0) is 9.59 Å². The summed E-state index contributed by atoms with van der Waals surface area (Å²) in [5.41, 5.74) is 7.21. The molecule has 0 fully saturated rings. The molecule has 1 unspecified atom stereocenters. The second-order valence-corrected chi connectivity index (χ2v) is 8.12. The Morgan fingerprint density at radius 1 is 1.16 bits per heavy atom. The average Bonchev–Trinajstić information content (AvgIpc) is 2.75. The highest BCUT2D eigenvalue weighted by Gasteiger charge is 2.30. The Hall–Kier alpha value is -3.69. The SMILES string of the molecule is CC(C)CC[C@H](CC(=O)c1ccc(NCC2=NC3C(=O)N=C(N)N=C3N=C2)cc1)C(=O)O. The van der Waals surface area contributed by atoms with Gasteiger partial charge >= 0.3 is 5.97 Å². The van der Waals surface area contributed by atoms with Crippen molar-refractivity contribution in [3.63, 3.8) is 0 Å². The van der Waals surface area contributed by atoms with Gasteiger partial charge in [-0.1, -0.05) is 20.3 Å². The van der Waals surface area contributed by atoms with E-state index in [9.17, 15) is 19.5 Å². The van der Waals surface area contributed by atoms with Gasteiger partial charge in [-0.15, -0.1) is 0 Å². The third kappa shape index (κ3) is 5.93. The lowest BCUT2D eigenvalue weighted by molar-refractivity contribution is -0.142. The Labute approximate surface area is 185 Å². The third-order valence-electron chi connectivity index (χ3n) is 5.13. The zero-order valence-electron chi connectivity index (χ0n) is 18.0. The van der Waals surface area contributed by atoms with Gasteiger partial charge in [0.1, 0.15) is 0 Å². The molecule has 2 atom stereocenters. The van der Waals surface area contributed by atoms with E-state index in [2.05, 4.69) is 25.3 Å². The summed E-state index contributed by atoms with van der Waals surface area (Å²) in [5.74, 6) is -1.83. The number of nitrogens with zero attached hydrogens (tertiary/aromatic N) is 4. The number of anilines is 1. The fraction of sp³-hybridized carbons (Fsp3) is 0.409. The van der Waals surface area contributed by atoms with E-state index in [1.165, 1.54) is 6.21 Å². The molecule has 32 heavy (non-hydrogen) atoms. The van der Waals surface area contributed by atoms with Crippen molar-refractivity contribution in [2.75, 3.05) is 11.9 Å². The zero-order valence-corrected chi connectivity index (χ0v) is 18.0. The Morgan fingerprint density at radius 3 is 2.53 bits per heavy atom. The normalized spacial score (nSPS) is 18.4. The van der Waals surface area contributed by atoms with E-state index in [1.807, 2.05) is 13.8 Å². The number of carboxylic acid groups (broad SMARTS) is 1. The average molecular weight is 438 g/mol. The quantitative estimate of drug-likeness (QED) is 0.474. The molecule has 3 rings (SSSR count). The molecular formula is C22H26N6O4.